The Bertz CT molecular complexity index is 391. The zero-order chi connectivity index (χ0) is 13.8. The summed E-state index contributed by atoms with van der Waals surface area (Å²) >= 11 is 0. The van der Waals surface area contributed by atoms with Crippen LogP contribution in [0.4, 0.5) is 0 Å². The smallest absolute Gasteiger partial charge is 0.231 e. The van der Waals surface area contributed by atoms with Gasteiger partial charge in [0.25, 0.3) is 0 Å². The molecule has 0 saturated heterocycles. The van der Waals surface area contributed by atoms with Gasteiger partial charge in [0, 0.05) is 10.8 Å². The highest BCUT2D eigenvalue weighted by molar-refractivity contribution is 4.96. The van der Waals surface area contributed by atoms with E-state index in [9.17, 15) is 0 Å². The molecular weight excluding hydrogens is 232 g/mol. The van der Waals surface area contributed by atoms with Crippen LogP contribution in [-0.2, 0) is 10.8 Å². The fourth-order valence-electron chi connectivity index (χ4n) is 1.00. The van der Waals surface area contributed by atoms with Crippen LogP contribution in [0, 0.1) is 0 Å². The maximum Gasteiger partial charge on any atom is 0.231 e. The monoisotopic (exact) mass is 252 g/mol. The summed E-state index contributed by atoms with van der Waals surface area (Å²) in [4.78, 5) is 7.82. The molecule has 0 N–H and O–H groups in total. The van der Waals surface area contributed by atoms with Gasteiger partial charge in [-0.1, -0.05) is 51.9 Å². The molecule has 2 aromatic rings. The molecule has 6 nitrogen and oxygen atoms in total. The van der Waals surface area contributed by atoms with E-state index in [4.69, 9.17) is 4.52 Å². The van der Waals surface area contributed by atoms with Gasteiger partial charge in [-0.15, -0.1) is 0 Å². The summed E-state index contributed by atoms with van der Waals surface area (Å²) < 4.78 is 9.42. The van der Waals surface area contributed by atoms with Crippen molar-refractivity contribution in [1.82, 2.24) is 20.3 Å². The van der Waals surface area contributed by atoms with Crippen molar-refractivity contribution in [2.75, 3.05) is 0 Å². The van der Waals surface area contributed by atoms with Crippen LogP contribution in [0.15, 0.2) is 21.8 Å². The Hall–Kier alpha value is -1.72. The molecule has 100 valence electrons. The van der Waals surface area contributed by atoms with Gasteiger partial charge in [-0.05, 0) is 0 Å². The largest absolute Gasteiger partial charge is 0.343 e. The molecule has 0 aliphatic carbocycles. The van der Waals surface area contributed by atoms with E-state index in [2.05, 4.69) is 24.8 Å². The summed E-state index contributed by atoms with van der Waals surface area (Å²) in [5.74, 6) is 1.44. The van der Waals surface area contributed by atoms with Crippen molar-refractivity contribution >= 4 is 0 Å². The number of hydrogen-bond acceptors (Lipinski definition) is 6. The molecule has 0 aliphatic rings. The minimum absolute atomic E-state index is 0.00694. The van der Waals surface area contributed by atoms with Crippen molar-refractivity contribution in [3.8, 4) is 0 Å². The molecule has 2 rings (SSSR count). The third-order valence-electron chi connectivity index (χ3n) is 2.04. The SMILES string of the molecule is CC(C)(C)c1ncno1.CC(C)(C)c1ncon1. The Labute approximate surface area is 107 Å². The second kappa shape index (κ2) is 5.29. The average molecular weight is 252 g/mol. The highest BCUT2D eigenvalue weighted by Gasteiger charge is 2.19. The lowest BCUT2D eigenvalue weighted by molar-refractivity contribution is 0.320. The van der Waals surface area contributed by atoms with Crippen molar-refractivity contribution in [3.05, 3.63) is 24.4 Å². The Morgan fingerprint density at radius 3 is 1.83 bits per heavy atom. The van der Waals surface area contributed by atoms with Crippen LogP contribution >= 0.6 is 0 Å². The standard InChI is InChI=1S/2C6H10N2O/c1-6(2,3)5-7-4-9-8-5;1-6(2,3)5-7-4-8-9-5/h2*4H,1-3H3. The van der Waals surface area contributed by atoms with Crippen molar-refractivity contribution in [1.29, 1.82) is 0 Å². The van der Waals surface area contributed by atoms with E-state index in [1.54, 1.807) is 0 Å². The molecule has 0 fully saturated rings. The van der Waals surface area contributed by atoms with Gasteiger partial charge in [-0.2, -0.15) is 9.97 Å². The zero-order valence-corrected chi connectivity index (χ0v) is 11.8. The van der Waals surface area contributed by atoms with Gasteiger partial charge in [0.15, 0.2) is 12.2 Å². The lowest BCUT2D eigenvalue weighted by Crippen LogP contribution is -2.12. The summed E-state index contributed by atoms with van der Waals surface area (Å²) in [5.41, 5.74) is -0.0104. The number of rotatable bonds is 0. The Morgan fingerprint density at radius 2 is 1.61 bits per heavy atom. The van der Waals surface area contributed by atoms with Gasteiger partial charge in [-0.25, -0.2) is 0 Å². The maximum absolute atomic E-state index is 4.84. The molecule has 2 aromatic heterocycles. The molecule has 0 atom stereocenters. The average Bonchev–Trinajstić information content (AvgIpc) is 2.91. The van der Waals surface area contributed by atoms with Crippen molar-refractivity contribution in [2.45, 2.75) is 52.4 Å². The highest BCUT2D eigenvalue weighted by atomic mass is 16.5. The van der Waals surface area contributed by atoms with E-state index < -0.39 is 0 Å². The number of nitrogens with zero attached hydrogens (tertiary/aromatic N) is 4. The molecule has 0 amide bonds. The minimum Gasteiger partial charge on any atom is -0.343 e. The van der Waals surface area contributed by atoms with E-state index in [1.807, 2.05) is 41.5 Å². The van der Waals surface area contributed by atoms with Gasteiger partial charge in [0.1, 0.15) is 0 Å². The summed E-state index contributed by atoms with van der Waals surface area (Å²) in [6.07, 6.45) is 2.77. The molecule has 6 heteroatoms. The minimum atomic E-state index is -0.0174. The van der Waals surface area contributed by atoms with Crippen LogP contribution in [0.3, 0.4) is 0 Å². The van der Waals surface area contributed by atoms with E-state index in [-0.39, 0.29) is 10.8 Å². The van der Waals surface area contributed by atoms with Gasteiger partial charge in [0.2, 0.25) is 12.3 Å². The van der Waals surface area contributed by atoms with Gasteiger partial charge in [0.05, 0.1) is 0 Å². The number of hydrogen-bond donors (Lipinski definition) is 0. The summed E-state index contributed by atoms with van der Waals surface area (Å²) in [6, 6.07) is 0. The molecule has 18 heavy (non-hydrogen) atoms. The van der Waals surface area contributed by atoms with Crippen LogP contribution in [0.25, 0.3) is 0 Å². The highest BCUT2D eigenvalue weighted by Crippen LogP contribution is 2.18. The maximum atomic E-state index is 4.84. The van der Waals surface area contributed by atoms with Crippen LogP contribution in [-0.4, -0.2) is 20.3 Å². The van der Waals surface area contributed by atoms with E-state index in [0.717, 1.165) is 5.82 Å². The molecule has 0 aliphatic heterocycles. The van der Waals surface area contributed by atoms with Crippen LogP contribution in [0.1, 0.15) is 53.3 Å². The van der Waals surface area contributed by atoms with Gasteiger partial charge < -0.3 is 9.05 Å². The normalized spacial score (nSPS) is 11.9. The van der Waals surface area contributed by atoms with Crippen molar-refractivity contribution in [3.63, 3.8) is 0 Å². The van der Waals surface area contributed by atoms with E-state index in [0.29, 0.717) is 5.89 Å². The third-order valence-corrected chi connectivity index (χ3v) is 2.04. The van der Waals surface area contributed by atoms with Crippen LogP contribution < -0.4 is 0 Å². The lowest BCUT2D eigenvalue weighted by Gasteiger charge is -2.10. The zero-order valence-electron chi connectivity index (χ0n) is 11.8. The van der Waals surface area contributed by atoms with Crippen molar-refractivity contribution < 1.29 is 9.05 Å². The molecule has 0 saturated carbocycles. The second-order valence-electron chi connectivity index (χ2n) is 6.00. The molecule has 0 spiro atoms. The Kier molecular flexibility index (Phi) is 4.21. The summed E-state index contributed by atoms with van der Waals surface area (Å²) in [7, 11) is 0. The third kappa shape index (κ3) is 4.27. The molecule has 0 aromatic carbocycles. The molecule has 0 unspecified atom stereocenters. The van der Waals surface area contributed by atoms with Crippen LogP contribution in [0.5, 0.6) is 0 Å². The fourth-order valence-corrected chi connectivity index (χ4v) is 1.00. The molecule has 0 radical (unpaired) electrons. The predicted molar refractivity (Wildman–Crippen MR) is 66.0 cm³/mol. The topological polar surface area (TPSA) is 77.8 Å². The second-order valence-corrected chi connectivity index (χ2v) is 6.00. The van der Waals surface area contributed by atoms with E-state index >= 15 is 0 Å². The summed E-state index contributed by atoms with van der Waals surface area (Å²) in [5, 5.41) is 7.20. The predicted octanol–water partition coefficient (Wildman–Crippen LogP) is 2.73. The molecular formula is C12H20N4O2. The quantitative estimate of drug-likeness (QED) is 0.717. The Morgan fingerprint density at radius 1 is 0.944 bits per heavy atom. The van der Waals surface area contributed by atoms with E-state index in [1.165, 1.54) is 12.7 Å². The van der Waals surface area contributed by atoms with Gasteiger partial charge in [-0.3, -0.25) is 0 Å². The lowest BCUT2D eigenvalue weighted by atomic mass is 9.96. The fraction of sp³-hybridized carbons (Fsp3) is 0.667. The Balaban J connectivity index is 0.000000180. The first kappa shape index (κ1) is 14.3. The summed E-state index contributed by atoms with van der Waals surface area (Å²) in [6.45, 7) is 12.2. The van der Waals surface area contributed by atoms with Crippen molar-refractivity contribution in [2.24, 2.45) is 0 Å². The first-order chi connectivity index (χ1) is 8.21. The molecule has 0 bridgehead atoms. The molecule has 2 heterocycles. The number of aromatic nitrogens is 4. The van der Waals surface area contributed by atoms with Gasteiger partial charge >= 0.3 is 0 Å². The first-order valence-electron chi connectivity index (χ1n) is 5.75. The first-order valence-corrected chi connectivity index (χ1v) is 5.75. The van der Waals surface area contributed by atoms with Crippen LogP contribution in [0.2, 0.25) is 0 Å².